The molecule has 16 heavy (non-hydrogen) atoms. The number of para-hydroxylation sites is 1. The van der Waals surface area contributed by atoms with Gasteiger partial charge in [-0.15, -0.1) is 10.2 Å². The predicted molar refractivity (Wildman–Crippen MR) is 58.3 cm³/mol. The van der Waals surface area contributed by atoms with Gasteiger partial charge >= 0.3 is 5.97 Å². The van der Waals surface area contributed by atoms with E-state index in [0.717, 1.165) is 0 Å². The molecule has 0 saturated heterocycles. The summed E-state index contributed by atoms with van der Waals surface area (Å²) in [6.45, 7) is 0. The van der Waals surface area contributed by atoms with Crippen molar-refractivity contribution in [3.05, 3.63) is 29.3 Å². The van der Waals surface area contributed by atoms with Crippen molar-refractivity contribution < 1.29 is 15.0 Å². The van der Waals surface area contributed by atoms with Gasteiger partial charge in [-0.05, 0) is 12.1 Å². The van der Waals surface area contributed by atoms with Crippen molar-refractivity contribution in [3.63, 3.8) is 0 Å². The number of carboxylic acid groups (broad SMARTS) is 1. The van der Waals surface area contributed by atoms with Crippen LogP contribution in [-0.2, 0) is 11.2 Å². The van der Waals surface area contributed by atoms with Gasteiger partial charge in [-0.1, -0.05) is 23.5 Å². The first-order chi connectivity index (χ1) is 7.66. The molecule has 0 spiro atoms. The Morgan fingerprint density at radius 1 is 1.31 bits per heavy atom. The van der Waals surface area contributed by atoms with E-state index in [1.807, 2.05) is 0 Å². The van der Waals surface area contributed by atoms with Crippen molar-refractivity contribution >= 4 is 17.3 Å². The molecular formula is C10H8N2O3S. The minimum absolute atomic E-state index is 0.112. The molecule has 0 bridgehead atoms. The number of hydrogen-bond acceptors (Lipinski definition) is 5. The lowest BCUT2D eigenvalue weighted by Crippen LogP contribution is -1.98. The molecular weight excluding hydrogens is 228 g/mol. The Kier molecular flexibility index (Phi) is 2.82. The number of phenols is 1. The van der Waals surface area contributed by atoms with Crippen LogP contribution in [0, 0.1) is 0 Å². The van der Waals surface area contributed by atoms with Crippen molar-refractivity contribution in [1.82, 2.24) is 10.2 Å². The van der Waals surface area contributed by atoms with Crippen LogP contribution in [0.25, 0.3) is 10.6 Å². The van der Waals surface area contributed by atoms with Gasteiger partial charge in [-0.2, -0.15) is 0 Å². The van der Waals surface area contributed by atoms with E-state index in [4.69, 9.17) is 5.11 Å². The first kappa shape index (κ1) is 10.6. The Labute approximate surface area is 95.0 Å². The highest BCUT2D eigenvalue weighted by Gasteiger charge is 2.11. The molecule has 6 heteroatoms. The lowest BCUT2D eigenvalue weighted by atomic mass is 10.2. The molecule has 0 unspecified atom stereocenters. The molecule has 2 rings (SSSR count). The molecule has 82 valence electrons. The topological polar surface area (TPSA) is 83.3 Å². The summed E-state index contributed by atoms with van der Waals surface area (Å²) in [5.74, 6) is -0.833. The maximum absolute atomic E-state index is 10.5. The van der Waals surface area contributed by atoms with E-state index >= 15 is 0 Å². The van der Waals surface area contributed by atoms with Gasteiger partial charge in [0.2, 0.25) is 0 Å². The van der Waals surface area contributed by atoms with E-state index in [1.54, 1.807) is 24.3 Å². The predicted octanol–water partition coefficient (Wildman–Crippen LogP) is 1.54. The molecule has 2 aromatic rings. The minimum Gasteiger partial charge on any atom is -0.507 e. The Bertz CT molecular complexity index is 524. The number of aromatic nitrogens is 2. The summed E-state index contributed by atoms with van der Waals surface area (Å²) in [5, 5.41) is 26.7. The van der Waals surface area contributed by atoms with Crippen LogP contribution in [0.4, 0.5) is 0 Å². The maximum Gasteiger partial charge on any atom is 0.310 e. The summed E-state index contributed by atoms with van der Waals surface area (Å²) in [7, 11) is 0. The number of hydrogen-bond donors (Lipinski definition) is 2. The van der Waals surface area contributed by atoms with Gasteiger partial charge in [-0.3, -0.25) is 4.79 Å². The third-order valence-corrected chi connectivity index (χ3v) is 2.86. The van der Waals surface area contributed by atoms with Gasteiger partial charge in [0.15, 0.2) is 5.01 Å². The third kappa shape index (κ3) is 2.17. The quantitative estimate of drug-likeness (QED) is 0.844. The molecule has 0 amide bonds. The van der Waals surface area contributed by atoms with E-state index in [1.165, 1.54) is 11.3 Å². The number of phenolic OH excluding ortho intramolecular Hbond substituents is 1. The number of aliphatic carboxylic acids is 1. The third-order valence-electron chi connectivity index (χ3n) is 1.90. The molecule has 2 N–H and O–H groups in total. The van der Waals surface area contributed by atoms with Crippen molar-refractivity contribution in [1.29, 1.82) is 0 Å². The molecule has 5 nitrogen and oxygen atoms in total. The van der Waals surface area contributed by atoms with Gasteiger partial charge in [0, 0.05) is 0 Å². The zero-order valence-corrected chi connectivity index (χ0v) is 8.94. The highest BCUT2D eigenvalue weighted by Crippen LogP contribution is 2.30. The second kappa shape index (κ2) is 4.28. The second-order valence-electron chi connectivity index (χ2n) is 3.09. The number of carbonyl (C=O) groups is 1. The zero-order chi connectivity index (χ0) is 11.5. The van der Waals surface area contributed by atoms with E-state index in [2.05, 4.69) is 10.2 Å². The smallest absolute Gasteiger partial charge is 0.310 e. The monoisotopic (exact) mass is 236 g/mol. The number of rotatable bonds is 3. The van der Waals surface area contributed by atoms with Crippen LogP contribution in [0.5, 0.6) is 5.75 Å². The lowest BCUT2D eigenvalue weighted by molar-refractivity contribution is -0.136. The van der Waals surface area contributed by atoms with Gasteiger partial charge in [-0.25, -0.2) is 0 Å². The lowest BCUT2D eigenvalue weighted by Gasteiger charge is -1.97. The Morgan fingerprint density at radius 2 is 2.06 bits per heavy atom. The summed E-state index contributed by atoms with van der Waals surface area (Å²) in [6, 6.07) is 6.74. The van der Waals surface area contributed by atoms with Crippen LogP contribution in [-0.4, -0.2) is 26.4 Å². The van der Waals surface area contributed by atoms with Gasteiger partial charge in [0.25, 0.3) is 0 Å². The average molecular weight is 236 g/mol. The van der Waals surface area contributed by atoms with Crippen molar-refractivity contribution in [2.45, 2.75) is 6.42 Å². The fourth-order valence-electron chi connectivity index (χ4n) is 1.22. The summed E-state index contributed by atoms with van der Waals surface area (Å²) in [4.78, 5) is 10.5. The van der Waals surface area contributed by atoms with E-state index in [0.29, 0.717) is 15.6 Å². The van der Waals surface area contributed by atoms with Crippen LogP contribution in [0.1, 0.15) is 5.01 Å². The molecule has 1 heterocycles. The van der Waals surface area contributed by atoms with Crippen LogP contribution in [0.2, 0.25) is 0 Å². The van der Waals surface area contributed by atoms with Gasteiger partial charge in [0.1, 0.15) is 10.8 Å². The molecule has 0 saturated carbocycles. The summed E-state index contributed by atoms with van der Waals surface area (Å²) >= 11 is 1.17. The Balaban J connectivity index is 2.32. The number of benzene rings is 1. The first-order valence-electron chi connectivity index (χ1n) is 4.49. The van der Waals surface area contributed by atoms with Crippen LogP contribution in [0.15, 0.2) is 24.3 Å². The molecule has 0 atom stereocenters. The SMILES string of the molecule is O=C(O)Cc1nnc(-c2ccccc2O)s1. The summed E-state index contributed by atoms with van der Waals surface area (Å²) in [5.41, 5.74) is 0.566. The summed E-state index contributed by atoms with van der Waals surface area (Å²) in [6.07, 6.45) is -0.148. The fourth-order valence-corrected chi connectivity index (χ4v) is 2.08. The van der Waals surface area contributed by atoms with E-state index < -0.39 is 5.97 Å². The highest BCUT2D eigenvalue weighted by molar-refractivity contribution is 7.14. The molecule has 1 aromatic heterocycles. The average Bonchev–Trinajstić information content (AvgIpc) is 2.66. The summed E-state index contributed by atoms with van der Waals surface area (Å²) < 4.78 is 0. The first-order valence-corrected chi connectivity index (χ1v) is 5.31. The molecule has 0 aliphatic carbocycles. The van der Waals surface area contributed by atoms with E-state index in [-0.39, 0.29) is 12.2 Å². The number of nitrogens with zero attached hydrogens (tertiary/aromatic N) is 2. The standard InChI is InChI=1S/C10H8N2O3S/c13-7-4-2-1-3-6(7)10-12-11-8(16-10)5-9(14)15/h1-4,13H,5H2,(H,14,15). The Hall–Kier alpha value is -1.95. The van der Waals surface area contributed by atoms with Crippen molar-refractivity contribution in [2.75, 3.05) is 0 Å². The maximum atomic E-state index is 10.5. The largest absolute Gasteiger partial charge is 0.507 e. The highest BCUT2D eigenvalue weighted by atomic mass is 32.1. The van der Waals surface area contributed by atoms with Crippen LogP contribution >= 0.6 is 11.3 Å². The number of aromatic hydroxyl groups is 1. The van der Waals surface area contributed by atoms with Crippen LogP contribution < -0.4 is 0 Å². The number of carboxylic acids is 1. The van der Waals surface area contributed by atoms with Gasteiger partial charge < -0.3 is 10.2 Å². The van der Waals surface area contributed by atoms with Crippen molar-refractivity contribution in [3.8, 4) is 16.3 Å². The molecule has 0 fully saturated rings. The minimum atomic E-state index is -0.944. The fraction of sp³-hybridized carbons (Fsp3) is 0.100. The van der Waals surface area contributed by atoms with E-state index in [9.17, 15) is 9.90 Å². The zero-order valence-electron chi connectivity index (χ0n) is 8.12. The van der Waals surface area contributed by atoms with Crippen LogP contribution in [0.3, 0.4) is 0 Å². The molecule has 0 aliphatic heterocycles. The Morgan fingerprint density at radius 3 is 2.75 bits per heavy atom. The normalized spacial score (nSPS) is 10.2. The van der Waals surface area contributed by atoms with Gasteiger partial charge in [0.05, 0.1) is 12.0 Å². The molecule has 1 aromatic carbocycles. The second-order valence-corrected chi connectivity index (χ2v) is 4.15. The van der Waals surface area contributed by atoms with Crippen molar-refractivity contribution in [2.24, 2.45) is 0 Å². The molecule has 0 aliphatic rings. The molecule has 0 radical (unpaired) electrons.